The van der Waals surface area contributed by atoms with E-state index in [2.05, 4.69) is 0 Å². The van der Waals surface area contributed by atoms with E-state index < -0.39 is 11.3 Å². The van der Waals surface area contributed by atoms with Crippen LogP contribution in [0.15, 0.2) is 11.8 Å². The summed E-state index contributed by atoms with van der Waals surface area (Å²) < 4.78 is 20.6. The zero-order chi connectivity index (χ0) is 8.15. The topological polar surface area (TPSA) is 40.5 Å². The van der Waals surface area contributed by atoms with E-state index in [-0.39, 0.29) is 0 Å². The summed E-state index contributed by atoms with van der Waals surface area (Å²) in [7, 11) is 0. The Kier molecular flexibility index (Phi) is 4.31. The molecule has 0 fully saturated rings. The standard InChI is InChI=1S/C6H13NO2S/c1-4-6(3)7(5-2)10(8)9/h4H,5H2,1-3H3,(H,8,9)/b6-4+. The van der Waals surface area contributed by atoms with E-state index in [4.69, 9.17) is 4.55 Å². The van der Waals surface area contributed by atoms with Gasteiger partial charge in [0.25, 0.3) is 11.3 Å². The molecular formula is C6H13NO2S. The molecule has 1 unspecified atom stereocenters. The van der Waals surface area contributed by atoms with Crippen molar-refractivity contribution in [3.63, 3.8) is 0 Å². The molecule has 0 aliphatic carbocycles. The van der Waals surface area contributed by atoms with Crippen LogP contribution in [-0.2, 0) is 11.3 Å². The summed E-state index contributed by atoms with van der Waals surface area (Å²) in [6.07, 6.45) is 1.80. The predicted octanol–water partition coefficient (Wildman–Crippen LogP) is 1.37. The van der Waals surface area contributed by atoms with E-state index in [9.17, 15) is 4.21 Å². The lowest BCUT2D eigenvalue weighted by Gasteiger charge is -2.17. The number of hydrogen-bond acceptors (Lipinski definition) is 1. The molecule has 0 saturated heterocycles. The van der Waals surface area contributed by atoms with Crippen molar-refractivity contribution in [3.05, 3.63) is 11.8 Å². The van der Waals surface area contributed by atoms with E-state index in [1.165, 1.54) is 4.31 Å². The Bertz CT molecular complexity index is 156. The molecule has 0 radical (unpaired) electrons. The van der Waals surface area contributed by atoms with Crippen LogP contribution in [0.2, 0.25) is 0 Å². The summed E-state index contributed by atoms with van der Waals surface area (Å²) in [4.78, 5) is 0. The van der Waals surface area contributed by atoms with Crippen molar-refractivity contribution >= 4 is 11.3 Å². The van der Waals surface area contributed by atoms with Crippen molar-refractivity contribution in [2.45, 2.75) is 20.8 Å². The summed E-state index contributed by atoms with van der Waals surface area (Å²) in [6, 6.07) is 0. The van der Waals surface area contributed by atoms with Crippen LogP contribution in [0, 0.1) is 0 Å². The van der Waals surface area contributed by atoms with E-state index >= 15 is 0 Å². The first-order valence-electron chi connectivity index (χ1n) is 3.14. The molecule has 0 aliphatic heterocycles. The lowest BCUT2D eigenvalue weighted by atomic mass is 10.4. The van der Waals surface area contributed by atoms with Crippen LogP contribution >= 0.6 is 0 Å². The fourth-order valence-corrected chi connectivity index (χ4v) is 1.20. The fraction of sp³-hybridized carbons (Fsp3) is 0.667. The second-order valence-corrected chi connectivity index (χ2v) is 2.76. The molecule has 0 aromatic rings. The van der Waals surface area contributed by atoms with Crippen molar-refractivity contribution in [3.8, 4) is 0 Å². The van der Waals surface area contributed by atoms with Crippen LogP contribution in [0.3, 0.4) is 0 Å². The van der Waals surface area contributed by atoms with Crippen molar-refractivity contribution in [2.75, 3.05) is 6.54 Å². The van der Waals surface area contributed by atoms with Gasteiger partial charge in [0.05, 0.1) is 0 Å². The van der Waals surface area contributed by atoms with Crippen LogP contribution in [0.25, 0.3) is 0 Å². The number of allylic oxidation sites excluding steroid dienone is 2. The predicted molar refractivity (Wildman–Crippen MR) is 42.6 cm³/mol. The minimum absolute atomic E-state index is 0.555. The molecule has 0 aromatic heterocycles. The first-order valence-corrected chi connectivity index (χ1v) is 4.21. The van der Waals surface area contributed by atoms with Gasteiger partial charge in [-0.1, -0.05) is 6.08 Å². The van der Waals surface area contributed by atoms with E-state index in [0.29, 0.717) is 6.54 Å². The molecule has 10 heavy (non-hydrogen) atoms. The summed E-state index contributed by atoms with van der Waals surface area (Å²) >= 11 is -1.87. The van der Waals surface area contributed by atoms with Gasteiger partial charge < -0.3 is 0 Å². The highest BCUT2D eigenvalue weighted by Crippen LogP contribution is 2.03. The first kappa shape index (κ1) is 9.65. The van der Waals surface area contributed by atoms with Gasteiger partial charge in [0, 0.05) is 12.2 Å². The van der Waals surface area contributed by atoms with Gasteiger partial charge in [-0.3, -0.25) is 8.86 Å². The SMILES string of the molecule is C/C=C(\C)N(CC)S(=O)O. The third-order valence-corrected chi connectivity index (χ3v) is 2.21. The lowest BCUT2D eigenvalue weighted by Crippen LogP contribution is -2.22. The molecule has 0 bridgehead atoms. The zero-order valence-corrected chi connectivity index (χ0v) is 7.31. The highest BCUT2D eigenvalue weighted by molar-refractivity contribution is 7.76. The average molecular weight is 163 g/mol. The molecule has 0 heterocycles. The lowest BCUT2D eigenvalue weighted by molar-refractivity contribution is 0.466. The Morgan fingerprint density at radius 3 is 2.40 bits per heavy atom. The Hall–Kier alpha value is -0.350. The molecule has 4 heteroatoms. The van der Waals surface area contributed by atoms with E-state index in [0.717, 1.165) is 5.70 Å². The highest BCUT2D eigenvalue weighted by atomic mass is 32.2. The second kappa shape index (κ2) is 4.46. The molecule has 0 saturated carbocycles. The average Bonchev–Trinajstić information content (AvgIpc) is 1.88. The number of hydrogen-bond donors (Lipinski definition) is 1. The summed E-state index contributed by atoms with van der Waals surface area (Å²) in [5.74, 6) is 0. The normalized spacial score (nSPS) is 15.0. The smallest absolute Gasteiger partial charge is 0.261 e. The molecular weight excluding hydrogens is 150 g/mol. The molecule has 0 rings (SSSR count). The van der Waals surface area contributed by atoms with Crippen molar-refractivity contribution in [1.82, 2.24) is 4.31 Å². The Labute approximate surface area is 64.1 Å². The van der Waals surface area contributed by atoms with Crippen LogP contribution in [0.1, 0.15) is 20.8 Å². The molecule has 1 N–H and O–H groups in total. The van der Waals surface area contributed by atoms with Crippen LogP contribution < -0.4 is 0 Å². The second-order valence-electron chi connectivity index (χ2n) is 1.86. The van der Waals surface area contributed by atoms with Crippen LogP contribution in [-0.4, -0.2) is 19.6 Å². The van der Waals surface area contributed by atoms with Crippen LogP contribution in [0.4, 0.5) is 0 Å². The Morgan fingerprint density at radius 1 is 1.80 bits per heavy atom. The van der Waals surface area contributed by atoms with E-state index in [1.54, 1.807) is 13.0 Å². The third kappa shape index (κ3) is 2.49. The maximum atomic E-state index is 10.5. The van der Waals surface area contributed by atoms with Crippen LogP contribution in [0.5, 0.6) is 0 Å². The van der Waals surface area contributed by atoms with Crippen molar-refractivity contribution in [2.24, 2.45) is 0 Å². The van der Waals surface area contributed by atoms with Gasteiger partial charge in [0.1, 0.15) is 0 Å². The molecule has 0 aromatic carbocycles. The van der Waals surface area contributed by atoms with Gasteiger partial charge in [-0.2, -0.15) is 0 Å². The van der Waals surface area contributed by atoms with Gasteiger partial charge in [-0.25, -0.2) is 4.21 Å². The number of rotatable bonds is 3. The Morgan fingerprint density at radius 2 is 2.30 bits per heavy atom. The third-order valence-electron chi connectivity index (χ3n) is 1.29. The molecule has 0 aliphatic rings. The first-order chi connectivity index (χ1) is 4.63. The monoisotopic (exact) mass is 163 g/mol. The largest absolute Gasteiger partial charge is 0.289 e. The van der Waals surface area contributed by atoms with Gasteiger partial charge in [-0.15, -0.1) is 0 Å². The van der Waals surface area contributed by atoms with Gasteiger partial charge >= 0.3 is 0 Å². The molecule has 0 amide bonds. The maximum absolute atomic E-state index is 10.5. The van der Waals surface area contributed by atoms with Gasteiger partial charge in [0.15, 0.2) is 0 Å². The minimum Gasteiger partial charge on any atom is -0.289 e. The van der Waals surface area contributed by atoms with Crippen molar-refractivity contribution in [1.29, 1.82) is 0 Å². The van der Waals surface area contributed by atoms with E-state index in [1.807, 2.05) is 13.8 Å². The van der Waals surface area contributed by atoms with Crippen molar-refractivity contribution < 1.29 is 8.76 Å². The molecule has 3 nitrogen and oxygen atoms in total. The summed E-state index contributed by atoms with van der Waals surface area (Å²) in [6.45, 7) is 6.03. The Balaban J connectivity index is 4.21. The fourth-order valence-electron chi connectivity index (χ4n) is 0.627. The molecule has 60 valence electrons. The minimum atomic E-state index is -1.87. The summed E-state index contributed by atoms with van der Waals surface area (Å²) in [5.41, 5.74) is 0.823. The molecule has 1 atom stereocenters. The van der Waals surface area contributed by atoms with Gasteiger partial charge in [-0.05, 0) is 20.8 Å². The zero-order valence-electron chi connectivity index (χ0n) is 6.50. The van der Waals surface area contributed by atoms with Gasteiger partial charge in [0.2, 0.25) is 0 Å². The highest BCUT2D eigenvalue weighted by Gasteiger charge is 2.06. The summed E-state index contributed by atoms with van der Waals surface area (Å²) in [5, 5.41) is 0. The quantitative estimate of drug-likeness (QED) is 0.638. The maximum Gasteiger partial charge on any atom is 0.261 e. The number of nitrogens with zero attached hydrogens (tertiary/aromatic N) is 1. The molecule has 0 spiro atoms.